The Labute approximate surface area is 68.7 Å². The Hall–Kier alpha value is -0.470. The zero-order valence-corrected chi connectivity index (χ0v) is 7.10. The van der Waals surface area contributed by atoms with E-state index in [4.69, 9.17) is 4.55 Å². The molecule has 4 N–H and O–H groups in total. The molecule has 0 aliphatic carbocycles. The lowest BCUT2D eigenvalue weighted by molar-refractivity contribution is 0.469. The van der Waals surface area contributed by atoms with E-state index in [9.17, 15) is 8.42 Å². The summed E-state index contributed by atoms with van der Waals surface area (Å²) in [5.41, 5.74) is 0. The molecule has 0 spiro atoms. The minimum absolute atomic E-state index is 1.13. The van der Waals surface area contributed by atoms with Gasteiger partial charge in [0.15, 0.2) is 0 Å². The third-order valence-corrected chi connectivity index (χ3v) is 1.50. The minimum atomic E-state index is -4.13. The van der Waals surface area contributed by atoms with Crippen molar-refractivity contribution in [3.8, 4) is 0 Å². The summed E-state index contributed by atoms with van der Waals surface area (Å²) in [6, 6.07) is 4.04. The average molecular weight is 196 g/mol. The lowest BCUT2D eigenvalue weighted by Gasteiger charge is -1.83. The highest BCUT2D eigenvalue weighted by Crippen LogP contribution is 1.91. The van der Waals surface area contributed by atoms with Crippen LogP contribution in [0.4, 0.5) is 0 Å². The van der Waals surface area contributed by atoms with E-state index in [1.165, 1.54) is 0 Å². The Morgan fingerprint density at radius 3 is 1.82 bits per heavy atom. The first-order chi connectivity index (χ1) is 5.06. The molecule has 0 radical (unpaired) electrons. The number of rotatable bonds is 1. The predicted molar refractivity (Wildman–Crippen MR) is 43.2 cm³/mol. The van der Waals surface area contributed by atoms with Gasteiger partial charge >= 0.3 is 10.3 Å². The van der Waals surface area contributed by atoms with Gasteiger partial charge in [-0.25, -0.2) is 0 Å². The van der Waals surface area contributed by atoms with Gasteiger partial charge in [-0.3, -0.25) is 10.4 Å². The fourth-order valence-corrected chi connectivity index (χ4v) is 0.680. The van der Waals surface area contributed by atoms with Crippen molar-refractivity contribution in [1.29, 1.82) is 0 Å². The maximum Gasteiger partial charge on any atom is 0.346 e. The Bertz CT molecular complexity index is 238. The largest absolute Gasteiger partial charge is 0.346 e. The summed E-state index contributed by atoms with van der Waals surface area (Å²) >= 11 is 1.71. The van der Waals surface area contributed by atoms with Crippen LogP contribution in [0.2, 0.25) is 0 Å². The molecule has 1 heterocycles. The SMILES string of the molecule is NNS(=O)(=O)O.c1ccsc1. The highest BCUT2D eigenvalue weighted by atomic mass is 32.2. The summed E-state index contributed by atoms with van der Waals surface area (Å²) in [7, 11) is -4.13. The molecule has 0 aliphatic heterocycles. The molecular formula is C4H8N2O3S2. The molecule has 1 rings (SSSR count). The van der Waals surface area contributed by atoms with E-state index in [0.29, 0.717) is 0 Å². The second-order valence-electron chi connectivity index (χ2n) is 1.39. The normalized spacial score (nSPS) is 10.0. The third-order valence-electron chi connectivity index (χ3n) is 0.574. The molecule has 64 valence electrons. The molecule has 11 heavy (non-hydrogen) atoms. The molecule has 0 aliphatic rings. The van der Waals surface area contributed by atoms with Gasteiger partial charge in [0.25, 0.3) is 0 Å². The Kier molecular flexibility index (Phi) is 4.99. The first-order valence-corrected chi connectivity index (χ1v) is 4.86. The molecule has 0 saturated carbocycles. The summed E-state index contributed by atoms with van der Waals surface area (Å²) in [5.74, 6) is 4.22. The lowest BCUT2D eigenvalue weighted by Crippen LogP contribution is -2.29. The van der Waals surface area contributed by atoms with Crippen LogP contribution in [0.3, 0.4) is 0 Å². The van der Waals surface area contributed by atoms with Gasteiger partial charge in [0.05, 0.1) is 0 Å². The minimum Gasteiger partial charge on any atom is -0.273 e. The molecule has 1 aromatic rings. The highest BCUT2D eigenvalue weighted by Gasteiger charge is 1.91. The fourth-order valence-electron chi connectivity index (χ4n) is 0.227. The van der Waals surface area contributed by atoms with E-state index in [0.717, 1.165) is 4.83 Å². The lowest BCUT2D eigenvalue weighted by atomic mass is 10.7. The molecule has 0 fully saturated rings. The zero-order valence-electron chi connectivity index (χ0n) is 5.47. The summed E-state index contributed by atoms with van der Waals surface area (Å²) in [4.78, 5) is 1.13. The monoisotopic (exact) mass is 196 g/mol. The van der Waals surface area contributed by atoms with Crippen LogP contribution in [0.5, 0.6) is 0 Å². The van der Waals surface area contributed by atoms with Crippen molar-refractivity contribution in [2.75, 3.05) is 0 Å². The first-order valence-electron chi connectivity index (χ1n) is 2.48. The molecule has 0 atom stereocenters. The number of nitrogens with one attached hydrogen (secondary N) is 1. The van der Waals surface area contributed by atoms with E-state index < -0.39 is 10.3 Å². The molecule has 0 aromatic carbocycles. The van der Waals surface area contributed by atoms with Crippen molar-refractivity contribution in [2.24, 2.45) is 5.84 Å². The second kappa shape index (κ2) is 5.22. The van der Waals surface area contributed by atoms with Gasteiger partial charge in [-0.2, -0.15) is 19.8 Å². The van der Waals surface area contributed by atoms with E-state index in [2.05, 4.69) is 5.84 Å². The zero-order chi connectivity index (χ0) is 8.74. The van der Waals surface area contributed by atoms with Gasteiger partial charge in [-0.05, 0) is 10.8 Å². The maximum absolute atomic E-state index is 9.32. The Morgan fingerprint density at radius 1 is 1.36 bits per heavy atom. The average Bonchev–Trinajstić information content (AvgIpc) is 2.41. The van der Waals surface area contributed by atoms with E-state index in [1.807, 2.05) is 22.9 Å². The fraction of sp³-hybridized carbons (Fsp3) is 0. The van der Waals surface area contributed by atoms with E-state index >= 15 is 0 Å². The van der Waals surface area contributed by atoms with Crippen LogP contribution in [0, 0.1) is 0 Å². The summed E-state index contributed by atoms with van der Waals surface area (Å²) in [6.45, 7) is 0. The van der Waals surface area contributed by atoms with Crippen LogP contribution < -0.4 is 10.7 Å². The molecule has 0 unspecified atom stereocenters. The third kappa shape index (κ3) is 9.53. The van der Waals surface area contributed by atoms with Crippen LogP contribution in [0.15, 0.2) is 22.9 Å². The van der Waals surface area contributed by atoms with Crippen LogP contribution in [-0.2, 0) is 10.3 Å². The van der Waals surface area contributed by atoms with Crippen LogP contribution in [0.25, 0.3) is 0 Å². The number of hydrogen-bond acceptors (Lipinski definition) is 4. The maximum atomic E-state index is 9.32. The van der Waals surface area contributed by atoms with Crippen molar-refractivity contribution in [3.05, 3.63) is 22.9 Å². The van der Waals surface area contributed by atoms with Crippen LogP contribution in [-0.4, -0.2) is 13.0 Å². The summed E-state index contributed by atoms with van der Waals surface area (Å²) < 4.78 is 26.2. The van der Waals surface area contributed by atoms with Crippen molar-refractivity contribution in [2.45, 2.75) is 0 Å². The topological polar surface area (TPSA) is 92.4 Å². The summed E-state index contributed by atoms with van der Waals surface area (Å²) in [6.07, 6.45) is 0. The molecule has 7 heteroatoms. The number of nitrogens with two attached hydrogens (primary N) is 1. The van der Waals surface area contributed by atoms with E-state index in [1.54, 1.807) is 11.3 Å². The molecule has 5 nitrogen and oxygen atoms in total. The number of thiophene rings is 1. The van der Waals surface area contributed by atoms with Crippen molar-refractivity contribution >= 4 is 21.6 Å². The predicted octanol–water partition coefficient (Wildman–Crippen LogP) is 0.000600. The Balaban J connectivity index is 0.000000183. The second-order valence-corrected chi connectivity index (χ2v) is 3.39. The highest BCUT2D eigenvalue weighted by molar-refractivity contribution is 7.83. The van der Waals surface area contributed by atoms with Gasteiger partial charge in [0.1, 0.15) is 0 Å². The molecule has 0 bridgehead atoms. The van der Waals surface area contributed by atoms with Gasteiger partial charge in [-0.1, -0.05) is 12.1 Å². The van der Waals surface area contributed by atoms with Gasteiger partial charge < -0.3 is 0 Å². The quantitative estimate of drug-likeness (QED) is 0.335. The smallest absolute Gasteiger partial charge is 0.273 e. The molecule has 1 aromatic heterocycles. The number of hydrazine groups is 1. The van der Waals surface area contributed by atoms with Gasteiger partial charge in [0.2, 0.25) is 0 Å². The molecular weight excluding hydrogens is 188 g/mol. The van der Waals surface area contributed by atoms with Crippen molar-refractivity contribution in [3.63, 3.8) is 0 Å². The molecule has 0 saturated heterocycles. The number of hydrogen-bond donors (Lipinski definition) is 3. The van der Waals surface area contributed by atoms with Crippen LogP contribution >= 0.6 is 11.3 Å². The molecule has 0 amide bonds. The van der Waals surface area contributed by atoms with Crippen LogP contribution in [0.1, 0.15) is 0 Å². The van der Waals surface area contributed by atoms with Gasteiger partial charge in [-0.15, -0.1) is 4.83 Å². The van der Waals surface area contributed by atoms with E-state index in [-0.39, 0.29) is 0 Å². The van der Waals surface area contributed by atoms with Crippen molar-refractivity contribution in [1.82, 2.24) is 4.83 Å². The van der Waals surface area contributed by atoms with Gasteiger partial charge in [0, 0.05) is 0 Å². The summed E-state index contributed by atoms with van der Waals surface area (Å²) in [5, 5.41) is 4.08. The Morgan fingerprint density at radius 2 is 1.73 bits per heavy atom. The standard InChI is InChI=1S/C4H4S.H4N2O3S/c1-2-4-5-3-1;1-2-6(3,4)5/h1-4H;2H,1H2,(H,3,4,5). The van der Waals surface area contributed by atoms with Crippen molar-refractivity contribution < 1.29 is 13.0 Å². The first kappa shape index (κ1) is 10.5.